The van der Waals surface area contributed by atoms with E-state index >= 15 is 0 Å². The van der Waals surface area contributed by atoms with Gasteiger partial charge in [0.25, 0.3) is 0 Å². The van der Waals surface area contributed by atoms with Crippen molar-refractivity contribution in [1.29, 1.82) is 0 Å². The highest BCUT2D eigenvalue weighted by Gasteiger charge is 2.23. The van der Waals surface area contributed by atoms with Crippen LogP contribution in [0.3, 0.4) is 0 Å². The van der Waals surface area contributed by atoms with Crippen molar-refractivity contribution in [2.75, 3.05) is 7.05 Å². The maximum absolute atomic E-state index is 12.7. The molecule has 0 aromatic heterocycles. The lowest BCUT2D eigenvalue weighted by atomic mass is 10.3. The molecule has 0 saturated heterocycles. The van der Waals surface area contributed by atoms with E-state index in [1.54, 1.807) is 12.1 Å². The Kier molecular flexibility index (Phi) is 2.09. The van der Waals surface area contributed by atoms with Crippen LogP contribution in [0.2, 0.25) is 0 Å². The van der Waals surface area contributed by atoms with Crippen molar-refractivity contribution in [2.24, 2.45) is 5.10 Å². The van der Waals surface area contributed by atoms with E-state index in [1.807, 2.05) is 6.92 Å². The molecule has 0 radical (unpaired) electrons. The van der Waals surface area contributed by atoms with Crippen molar-refractivity contribution in [2.45, 2.75) is 25.9 Å². The van der Waals surface area contributed by atoms with Crippen LogP contribution in [0.5, 0.6) is 0 Å². The summed E-state index contributed by atoms with van der Waals surface area (Å²) in [5, 5.41) is 6.05. The van der Waals surface area contributed by atoms with Crippen LogP contribution in [0, 0.1) is 0 Å². The van der Waals surface area contributed by atoms with Gasteiger partial charge in [0.05, 0.1) is 0 Å². The Morgan fingerprint density at radius 2 is 2.40 bits per heavy atom. The van der Waals surface area contributed by atoms with Crippen molar-refractivity contribution in [1.82, 2.24) is 10.1 Å². The highest BCUT2D eigenvalue weighted by atomic mass is 19.2. The van der Waals surface area contributed by atoms with Crippen LogP contribution < -0.4 is 0 Å². The highest BCUT2D eigenvalue weighted by Crippen LogP contribution is 2.14. The van der Waals surface area contributed by atoms with E-state index in [2.05, 4.69) is 5.10 Å². The second-order valence-corrected chi connectivity index (χ2v) is 2.42. The van der Waals surface area contributed by atoms with Gasteiger partial charge >= 0.3 is 0 Å². The zero-order valence-electron chi connectivity index (χ0n) is 6.29. The Balaban J connectivity index is 2.43. The number of nitrogens with zero attached hydrogens (tertiary/aromatic N) is 3. The maximum Gasteiger partial charge on any atom is 0.149 e. The highest BCUT2D eigenvalue weighted by molar-refractivity contribution is 5.55. The molecule has 4 heteroatoms. The van der Waals surface area contributed by atoms with Crippen molar-refractivity contribution in [3.05, 3.63) is 0 Å². The fourth-order valence-electron chi connectivity index (χ4n) is 1.01. The van der Waals surface area contributed by atoms with E-state index in [9.17, 15) is 4.48 Å². The molecular formula is C6H12FN3. The molecule has 0 N–H and O–H groups in total. The Morgan fingerprint density at radius 1 is 1.70 bits per heavy atom. The molecule has 0 aromatic rings. The van der Waals surface area contributed by atoms with E-state index < -0.39 is 0 Å². The molecule has 1 aliphatic heterocycles. The largest absolute Gasteiger partial charge is 0.273 e. The van der Waals surface area contributed by atoms with Crippen LogP contribution in [0.1, 0.15) is 19.8 Å². The first kappa shape index (κ1) is 7.31. The lowest BCUT2D eigenvalue weighted by molar-refractivity contribution is 0.0114. The molecule has 1 heterocycles. The maximum atomic E-state index is 12.7. The molecule has 0 aromatic carbocycles. The third-order valence-corrected chi connectivity index (χ3v) is 1.61. The minimum absolute atomic E-state index is 0.176. The molecule has 1 rings (SSSR count). The van der Waals surface area contributed by atoms with E-state index in [-0.39, 0.29) is 6.17 Å². The summed E-state index contributed by atoms with van der Waals surface area (Å²) in [4.78, 5) is 0. The van der Waals surface area contributed by atoms with Gasteiger partial charge in [0.15, 0.2) is 0 Å². The summed E-state index contributed by atoms with van der Waals surface area (Å²) in [6.07, 6.45) is 2.82. The first-order valence-electron chi connectivity index (χ1n) is 3.46. The number of hydrogen-bond acceptors (Lipinski definition) is 3. The normalized spacial score (nSPS) is 24.5. The van der Waals surface area contributed by atoms with Crippen molar-refractivity contribution in [3.8, 4) is 0 Å². The monoisotopic (exact) mass is 145 g/mol. The van der Waals surface area contributed by atoms with E-state index in [4.69, 9.17) is 0 Å². The minimum Gasteiger partial charge on any atom is -0.273 e. The Labute approximate surface area is 60.0 Å². The zero-order chi connectivity index (χ0) is 7.56. The van der Waals surface area contributed by atoms with Gasteiger partial charge in [-0.25, -0.2) is 0 Å². The smallest absolute Gasteiger partial charge is 0.149 e. The van der Waals surface area contributed by atoms with Gasteiger partial charge in [0.1, 0.15) is 12.5 Å². The second-order valence-electron chi connectivity index (χ2n) is 2.42. The first-order valence-corrected chi connectivity index (χ1v) is 3.46. The third-order valence-electron chi connectivity index (χ3n) is 1.61. The molecule has 0 spiro atoms. The lowest BCUT2D eigenvalue weighted by Gasteiger charge is -2.20. The van der Waals surface area contributed by atoms with E-state index in [0.717, 1.165) is 12.8 Å². The molecule has 10 heavy (non-hydrogen) atoms. The van der Waals surface area contributed by atoms with Gasteiger partial charge in [0, 0.05) is 7.05 Å². The minimum atomic E-state index is -0.176. The third kappa shape index (κ3) is 1.20. The topological polar surface area (TPSA) is 18.8 Å². The van der Waals surface area contributed by atoms with Crippen molar-refractivity contribution < 1.29 is 4.48 Å². The Hall–Kier alpha value is -0.800. The average Bonchev–Trinajstić information content (AvgIpc) is 2.20. The van der Waals surface area contributed by atoms with E-state index in [0.29, 0.717) is 5.12 Å². The van der Waals surface area contributed by atoms with Gasteiger partial charge in [-0.1, -0.05) is 17.8 Å². The predicted molar refractivity (Wildman–Crippen MR) is 37.9 cm³/mol. The summed E-state index contributed by atoms with van der Waals surface area (Å²) in [7, 11) is 1.77. The predicted octanol–water partition coefficient (Wildman–Crippen LogP) is 1.19. The van der Waals surface area contributed by atoms with Crippen LogP contribution in [-0.2, 0) is 0 Å². The van der Waals surface area contributed by atoms with Gasteiger partial charge in [-0.15, -0.1) is 0 Å². The summed E-state index contributed by atoms with van der Waals surface area (Å²) in [6.45, 7) is 2.03. The molecule has 1 atom stereocenters. The Morgan fingerprint density at radius 3 is 2.80 bits per heavy atom. The Bertz CT molecular complexity index is 125. The van der Waals surface area contributed by atoms with Gasteiger partial charge in [-0.05, 0) is 6.42 Å². The number of rotatable bonds is 2. The first-order chi connectivity index (χ1) is 4.75. The fraction of sp³-hybridized carbons (Fsp3) is 0.833. The summed E-state index contributed by atoms with van der Waals surface area (Å²) in [6, 6.07) is 0. The molecule has 0 aliphatic carbocycles. The van der Waals surface area contributed by atoms with Crippen LogP contribution >= 0.6 is 0 Å². The summed E-state index contributed by atoms with van der Waals surface area (Å²) in [5.74, 6) is 0. The van der Waals surface area contributed by atoms with Crippen LogP contribution in [0.25, 0.3) is 0 Å². The average molecular weight is 145 g/mol. The van der Waals surface area contributed by atoms with Crippen LogP contribution in [-0.4, -0.2) is 29.7 Å². The molecule has 0 bridgehead atoms. The van der Waals surface area contributed by atoms with Crippen LogP contribution in [0.4, 0.5) is 4.48 Å². The molecule has 1 unspecified atom stereocenters. The molecule has 58 valence electrons. The van der Waals surface area contributed by atoms with Crippen molar-refractivity contribution in [3.63, 3.8) is 0 Å². The van der Waals surface area contributed by atoms with Gasteiger partial charge < -0.3 is 0 Å². The quantitative estimate of drug-likeness (QED) is 0.543. The molecule has 0 fully saturated rings. The summed E-state index contributed by atoms with van der Waals surface area (Å²) < 4.78 is 12.7. The SMILES string of the molecule is CCCC1N(F)C=NN1C. The molecule has 0 saturated carbocycles. The molecule has 3 nitrogen and oxygen atoms in total. The molecular weight excluding hydrogens is 133 g/mol. The number of halogens is 1. The van der Waals surface area contributed by atoms with Crippen LogP contribution in [0.15, 0.2) is 5.10 Å². The van der Waals surface area contributed by atoms with E-state index in [1.165, 1.54) is 6.34 Å². The number of hydrogen-bond donors (Lipinski definition) is 0. The van der Waals surface area contributed by atoms with Crippen molar-refractivity contribution >= 4 is 6.34 Å². The molecule has 1 aliphatic rings. The van der Waals surface area contributed by atoms with Gasteiger partial charge in [-0.2, -0.15) is 10.2 Å². The van der Waals surface area contributed by atoms with Gasteiger partial charge in [-0.3, -0.25) is 5.01 Å². The fourth-order valence-corrected chi connectivity index (χ4v) is 1.01. The summed E-state index contributed by atoms with van der Waals surface area (Å²) >= 11 is 0. The lowest BCUT2D eigenvalue weighted by Crippen LogP contribution is -2.32. The number of hydrazone groups is 1. The zero-order valence-corrected chi connectivity index (χ0v) is 6.29. The second kappa shape index (κ2) is 2.86. The standard InChI is InChI=1S/C6H12FN3/c1-3-4-6-9(2)8-5-10(6)7/h5-6H,3-4H2,1-2H3. The molecule has 0 amide bonds. The van der Waals surface area contributed by atoms with Gasteiger partial charge in [0.2, 0.25) is 0 Å². The summed E-state index contributed by atoms with van der Waals surface area (Å²) in [5.41, 5.74) is 0.